The van der Waals surface area contributed by atoms with Gasteiger partial charge in [-0.15, -0.1) is 0 Å². The van der Waals surface area contributed by atoms with Gasteiger partial charge in [-0.2, -0.15) is 9.62 Å². The zero-order valence-corrected chi connectivity index (χ0v) is 13.0. The van der Waals surface area contributed by atoms with Gasteiger partial charge < -0.3 is 4.90 Å². The van der Waals surface area contributed by atoms with E-state index in [0.717, 1.165) is 0 Å². The molecule has 7 heteroatoms. The molecule has 0 saturated heterocycles. The van der Waals surface area contributed by atoms with Crippen LogP contribution in [-0.4, -0.2) is 42.1 Å². The van der Waals surface area contributed by atoms with Crippen molar-refractivity contribution in [2.75, 3.05) is 26.6 Å². The highest BCUT2D eigenvalue weighted by atomic mass is 32.2. The smallest absolute Gasteiger partial charge is 0.153 e. The zero-order chi connectivity index (χ0) is 15.5. The van der Waals surface area contributed by atoms with Crippen LogP contribution >= 0.6 is 0 Å². The highest BCUT2D eigenvalue weighted by molar-refractivity contribution is 7.92. The SMILES string of the molecule is Cc1c(F)c(N=S(C)(C)=O)cc(N=CN(C)C)c1C#N. The molecule has 0 bridgehead atoms. The average molecular weight is 296 g/mol. The van der Waals surface area contributed by atoms with Crippen LogP contribution in [0.25, 0.3) is 0 Å². The van der Waals surface area contributed by atoms with Crippen molar-refractivity contribution in [2.24, 2.45) is 9.36 Å². The van der Waals surface area contributed by atoms with Gasteiger partial charge in [-0.3, -0.25) is 0 Å². The lowest BCUT2D eigenvalue weighted by Crippen LogP contribution is -2.07. The molecule has 0 spiro atoms. The van der Waals surface area contributed by atoms with Crippen molar-refractivity contribution in [1.82, 2.24) is 4.90 Å². The number of aliphatic imine (C=N–C) groups is 1. The Morgan fingerprint density at radius 3 is 2.45 bits per heavy atom. The van der Waals surface area contributed by atoms with E-state index >= 15 is 0 Å². The van der Waals surface area contributed by atoms with E-state index in [9.17, 15) is 8.60 Å². The Balaban J connectivity index is 3.61. The van der Waals surface area contributed by atoms with Gasteiger partial charge in [0.15, 0.2) is 5.82 Å². The maximum Gasteiger partial charge on any atom is 0.153 e. The summed E-state index contributed by atoms with van der Waals surface area (Å²) < 4.78 is 29.7. The first-order valence-corrected chi connectivity index (χ1v) is 8.10. The Kier molecular flexibility index (Phi) is 4.84. The molecule has 0 aromatic heterocycles. The van der Waals surface area contributed by atoms with Crippen LogP contribution in [0, 0.1) is 24.1 Å². The van der Waals surface area contributed by atoms with Crippen molar-refractivity contribution in [3.05, 3.63) is 23.0 Å². The first-order chi connectivity index (χ1) is 9.15. The molecule has 0 aliphatic heterocycles. The summed E-state index contributed by atoms with van der Waals surface area (Å²) in [4.78, 5) is 5.82. The number of nitriles is 1. The predicted molar refractivity (Wildman–Crippen MR) is 79.8 cm³/mol. The van der Waals surface area contributed by atoms with Gasteiger partial charge in [-0.25, -0.2) is 13.6 Å². The topological polar surface area (TPSA) is 68.8 Å². The van der Waals surface area contributed by atoms with Crippen molar-refractivity contribution < 1.29 is 8.60 Å². The molecule has 1 rings (SSSR count). The van der Waals surface area contributed by atoms with Crippen LogP contribution in [0.3, 0.4) is 0 Å². The summed E-state index contributed by atoms with van der Waals surface area (Å²) >= 11 is 0. The number of hydrogen-bond donors (Lipinski definition) is 0. The van der Waals surface area contributed by atoms with Crippen LogP contribution < -0.4 is 0 Å². The highest BCUT2D eigenvalue weighted by Crippen LogP contribution is 2.32. The molecule has 0 aliphatic rings. The minimum Gasteiger partial charge on any atom is -0.369 e. The van der Waals surface area contributed by atoms with Crippen LogP contribution in [0.15, 0.2) is 15.4 Å². The fraction of sp³-hybridized carbons (Fsp3) is 0.385. The summed E-state index contributed by atoms with van der Waals surface area (Å²) in [6, 6.07) is 3.27. The molecule has 0 fully saturated rings. The summed E-state index contributed by atoms with van der Waals surface area (Å²) in [6.07, 6.45) is 4.35. The predicted octanol–water partition coefficient (Wildman–Crippen LogP) is 2.59. The van der Waals surface area contributed by atoms with Crippen molar-refractivity contribution >= 4 is 27.4 Å². The van der Waals surface area contributed by atoms with Crippen molar-refractivity contribution in [3.8, 4) is 6.07 Å². The second-order valence-corrected chi connectivity index (χ2v) is 7.37. The van der Waals surface area contributed by atoms with E-state index in [2.05, 4.69) is 9.36 Å². The third-order valence-electron chi connectivity index (χ3n) is 2.32. The fourth-order valence-electron chi connectivity index (χ4n) is 1.48. The summed E-state index contributed by atoms with van der Waals surface area (Å²) in [7, 11) is 1.07. The van der Waals surface area contributed by atoms with Crippen molar-refractivity contribution in [3.63, 3.8) is 0 Å². The monoisotopic (exact) mass is 296 g/mol. The molecular formula is C13H17FN4OS. The van der Waals surface area contributed by atoms with E-state index in [-0.39, 0.29) is 16.8 Å². The molecule has 1 aromatic carbocycles. The molecule has 0 unspecified atom stereocenters. The lowest BCUT2D eigenvalue weighted by molar-refractivity contribution is 0.619. The number of rotatable bonds is 3. The molecule has 0 N–H and O–H groups in total. The van der Waals surface area contributed by atoms with Gasteiger partial charge in [0.2, 0.25) is 0 Å². The normalized spacial score (nSPS) is 11.4. The average Bonchev–Trinajstić information content (AvgIpc) is 2.31. The molecular weight excluding hydrogens is 279 g/mol. The van der Waals surface area contributed by atoms with Crippen LogP contribution in [0.4, 0.5) is 15.8 Å². The van der Waals surface area contributed by atoms with Crippen LogP contribution in [-0.2, 0) is 9.73 Å². The van der Waals surface area contributed by atoms with Crippen LogP contribution in [0.5, 0.6) is 0 Å². The molecule has 20 heavy (non-hydrogen) atoms. The summed E-state index contributed by atoms with van der Waals surface area (Å²) in [6.45, 7) is 1.48. The van der Waals surface area contributed by atoms with Gasteiger partial charge in [0, 0.05) is 41.9 Å². The first kappa shape index (κ1) is 16.1. The van der Waals surface area contributed by atoms with Crippen LogP contribution in [0.2, 0.25) is 0 Å². The Morgan fingerprint density at radius 1 is 1.40 bits per heavy atom. The van der Waals surface area contributed by atoms with Gasteiger partial charge >= 0.3 is 0 Å². The van der Waals surface area contributed by atoms with E-state index in [1.165, 1.54) is 31.8 Å². The third-order valence-corrected chi connectivity index (χ3v) is 2.95. The number of benzene rings is 1. The summed E-state index contributed by atoms with van der Waals surface area (Å²) in [5.74, 6) is -0.637. The third kappa shape index (κ3) is 4.03. The molecule has 0 atom stereocenters. The van der Waals surface area contributed by atoms with Gasteiger partial charge in [0.25, 0.3) is 0 Å². The van der Waals surface area contributed by atoms with E-state index in [0.29, 0.717) is 5.69 Å². The molecule has 1 aromatic rings. The number of hydrogen-bond acceptors (Lipinski definition) is 4. The van der Waals surface area contributed by atoms with Crippen LogP contribution in [0.1, 0.15) is 11.1 Å². The summed E-state index contributed by atoms with van der Waals surface area (Å²) in [5, 5.41) is 9.12. The van der Waals surface area contributed by atoms with E-state index < -0.39 is 15.5 Å². The van der Waals surface area contributed by atoms with E-state index in [1.54, 1.807) is 19.0 Å². The van der Waals surface area contributed by atoms with Crippen molar-refractivity contribution in [2.45, 2.75) is 6.92 Å². The van der Waals surface area contributed by atoms with Crippen molar-refractivity contribution in [1.29, 1.82) is 5.26 Å². The molecule has 0 amide bonds. The second-order valence-electron chi connectivity index (χ2n) is 4.82. The standard InChI is InChI=1S/C13H17FN4OS/c1-9-10(7-15)11(16-8-18(2)3)6-12(13(9)14)17-20(4,5)19/h6,8H,1-5H3. The maximum atomic E-state index is 14.1. The molecule has 108 valence electrons. The minimum atomic E-state index is -2.49. The lowest BCUT2D eigenvalue weighted by atomic mass is 10.1. The Hall–Kier alpha value is -1.94. The lowest BCUT2D eigenvalue weighted by Gasteiger charge is -2.08. The van der Waals surface area contributed by atoms with Gasteiger partial charge in [0.05, 0.1) is 17.6 Å². The Labute approximate surface area is 118 Å². The van der Waals surface area contributed by atoms with Gasteiger partial charge in [0.1, 0.15) is 11.8 Å². The Morgan fingerprint density at radius 2 is 2.00 bits per heavy atom. The number of halogens is 1. The summed E-state index contributed by atoms with van der Waals surface area (Å²) in [5.41, 5.74) is 0.575. The zero-order valence-electron chi connectivity index (χ0n) is 12.1. The molecule has 0 radical (unpaired) electrons. The molecule has 0 aliphatic carbocycles. The Bertz CT molecular complexity index is 702. The molecule has 5 nitrogen and oxygen atoms in total. The quantitative estimate of drug-likeness (QED) is 0.636. The van der Waals surface area contributed by atoms with E-state index in [1.807, 2.05) is 6.07 Å². The minimum absolute atomic E-state index is 0.0394. The first-order valence-electron chi connectivity index (χ1n) is 5.76. The van der Waals surface area contributed by atoms with Gasteiger partial charge in [-0.05, 0) is 13.0 Å². The van der Waals surface area contributed by atoms with E-state index in [4.69, 9.17) is 5.26 Å². The second kappa shape index (κ2) is 6.01. The van der Waals surface area contributed by atoms with Gasteiger partial charge in [-0.1, -0.05) is 0 Å². The highest BCUT2D eigenvalue weighted by Gasteiger charge is 2.15. The fourth-order valence-corrected chi connectivity index (χ4v) is 2.09. The molecule has 0 saturated carbocycles. The maximum absolute atomic E-state index is 14.1. The number of nitrogens with zero attached hydrogens (tertiary/aromatic N) is 4. The largest absolute Gasteiger partial charge is 0.369 e. The molecule has 0 heterocycles.